The lowest BCUT2D eigenvalue weighted by Gasteiger charge is -2.18. The first-order valence-corrected chi connectivity index (χ1v) is 9.37. The van der Waals surface area contributed by atoms with E-state index in [1.165, 1.54) is 17.3 Å². The van der Waals surface area contributed by atoms with E-state index in [9.17, 15) is 4.79 Å². The summed E-state index contributed by atoms with van der Waals surface area (Å²) in [5.74, 6) is -0.137. The normalized spacial score (nSPS) is 13.0. The molecule has 0 aliphatic rings. The van der Waals surface area contributed by atoms with Gasteiger partial charge in [-0.15, -0.1) is 11.8 Å². The maximum Gasteiger partial charge on any atom is 0.253 e. The maximum atomic E-state index is 12.1. The minimum Gasteiger partial charge on any atom is -0.272 e. The molecular formula is C20H23ClN2OS. The highest BCUT2D eigenvalue weighted by Gasteiger charge is 2.14. The SMILES string of the molecule is C[C@H](Sc1ccc(Cl)cc1)C(=O)N/N=C\c1ccc(C(C)(C)C)cc1. The van der Waals surface area contributed by atoms with Gasteiger partial charge in [-0.3, -0.25) is 4.79 Å². The van der Waals surface area contributed by atoms with Crippen molar-refractivity contribution in [2.24, 2.45) is 5.10 Å². The van der Waals surface area contributed by atoms with Gasteiger partial charge in [-0.25, -0.2) is 5.43 Å². The van der Waals surface area contributed by atoms with Crippen LogP contribution in [0.4, 0.5) is 0 Å². The molecule has 25 heavy (non-hydrogen) atoms. The number of nitrogens with zero attached hydrogens (tertiary/aromatic N) is 1. The number of halogens is 1. The van der Waals surface area contributed by atoms with Crippen molar-refractivity contribution in [3.8, 4) is 0 Å². The summed E-state index contributed by atoms with van der Waals surface area (Å²) >= 11 is 7.33. The molecule has 0 heterocycles. The molecule has 0 radical (unpaired) electrons. The average Bonchev–Trinajstić information content (AvgIpc) is 2.56. The van der Waals surface area contributed by atoms with Gasteiger partial charge in [0.05, 0.1) is 11.5 Å². The van der Waals surface area contributed by atoms with Crippen molar-refractivity contribution in [1.29, 1.82) is 0 Å². The van der Waals surface area contributed by atoms with Gasteiger partial charge < -0.3 is 0 Å². The molecule has 0 bridgehead atoms. The Morgan fingerprint density at radius 3 is 2.28 bits per heavy atom. The molecule has 1 atom stereocenters. The molecule has 1 amide bonds. The van der Waals surface area contributed by atoms with Gasteiger partial charge in [-0.1, -0.05) is 56.6 Å². The van der Waals surface area contributed by atoms with Crippen molar-refractivity contribution in [2.75, 3.05) is 0 Å². The van der Waals surface area contributed by atoms with E-state index >= 15 is 0 Å². The van der Waals surface area contributed by atoms with Crippen LogP contribution in [0.5, 0.6) is 0 Å². The first-order chi connectivity index (χ1) is 11.8. The predicted octanol–water partition coefficient (Wildman–Crippen LogP) is 5.27. The van der Waals surface area contributed by atoms with Crippen LogP contribution < -0.4 is 5.43 Å². The Labute approximate surface area is 158 Å². The summed E-state index contributed by atoms with van der Waals surface area (Å²) in [5.41, 5.74) is 4.93. The summed E-state index contributed by atoms with van der Waals surface area (Å²) in [6.07, 6.45) is 1.66. The maximum absolute atomic E-state index is 12.1. The number of carbonyl (C=O) groups excluding carboxylic acids is 1. The Kier molecular flexibility index (Phi) is 6.68. The highest BCUT2D eigenvalue weighted by molar-refractivity contribution is 8.00. The Hall–Kier alpha value is -1.78. The summed E-state index contributed by atoms with van der Waals surface area (Å²) in [7, 11) is 0. The number of thioether (sulfide) groups is 1. The third-order valence-corrected chi connectivity index (χ3v) is 5.02. The van der Waals surface area contributed by atoms with Crippen LogP contribution in [0.3, 0.4) is 0 Å². The number of hydrazone groups is 1. The van der Waals surface area contributed by atoms with Crippen LogP contribution in [0.25, 0.3) is 0 Å². The van der Waals surface area contributed by atoms with Crippen molar-refractivity contribution in [3.63, 3.8) is 0 Å². The van der Waals surface area contributed by atoms with Gasteiger partial charge in [-0.2, -0.15) is 5.10 Å². The van der Waals surface area contributed by atoms with Crippen molar-refractivity contribution in [3.05, 3.63) is 64.7 Å². The molecular weight excluding hydrogens is 352 g/mol. The van der Waals surface area contributed by atoms with Crippen LogP contribution in [-0.4, -0.2) is 17.4 Å². The van der Waals surface area contributed by atoms with Gasteiger partial charge in [0.15, 0.2) is 0 Å². The number of hydrogen-bond donors (Lipinski definition) is 1. The van der Waals surface area contributed by atoms with Crippen molar-refractivity contribution < 1.29 is 4.79 Å². The minimum absolute atomic E-state index is 0.123. The predicted molar refractivity (Wildman–Crippen MR) is 108 cm³/mol. The zero-order valence-corrected chi connectivity index (χ0v) is 16.5. The Morgan fingerprint density at radius 2 is 1.72 bits per heavy atom. The summed E-state index contributed by atoms with van der Waals surface area (Å²) in [5, 5.41) is 4.49. The van der Waals surface area contributed by atoms with Crippen molar-refractivity contribution in [1.82, 2.24) is 5.43 Å². The quantitative estimate of drug-likeness (QED) is 0.440. The number of nitrogens with one attached hydrogen (secondary N) is 1. The molecule has 0 aromatic heterocycles. The molecule has 5 heteroatoms. The monoisotopic (exact) mass is 374 g/mol. The third-order valence-electron chi connectivity index (χ3n) is 3.66. The van der Waals surface area contributed by atoms with Crippen LogP contribution in [0, 0.1) is 0 Å². The summed E-state index contributed by atoms with van der Waals surface area (Å²) in [6, 6.07) is 15.6. The molecule has 0 saturated carbocycles. The Morgan fingerprint density at radius 1 is 1.12 bits per heavy atom. The molecule has 1 N–H and O–H groups in total. The standard InChI is InChI=1S/C20H23ClN2OS/c1-14(25-18-11-9-17(21)10-12-18)19(24)23-22-13-15-5-7-16(8-6-15)20(2,3)4/h5-14H,1-4H3,(H,23,24)/b22-13-/t14-/m0/s1. The fraction of sp³-hybridized carbons (Fsp3) is 0.300. The van der Waals surface area contributed by atoms with Gasteiger partial charge in [0, 0.05) is 9.92 Å². The molecule has 0 aliphatic heterocycles. The lowest BCUT2D eigenvalue weighted by Crippen LogP contribution is -2.26. The first-order valence-electron chi connectivity index (χ1n) is 8.11. The largest absolute Gasteiger partial charge is 0.272 e. The van der Waals surface area contributed by atoms with Gasteiger partial charge in [0.25, 0.3) is 5.91 Å². The van der Waals surface area contributed by atoms with Crippen LogP contribution in [0.2, 0.25) is 5.02 Å². The van der Waals surface area contributed by atoms with Gasteiger partial charge in [0.1, 0.15) is 0 Å². The van der Waals surface area contributed by atoms with E-state index in [-0.39, 0.29) is 16.6 Å². The van der Waals surface area contributed by atoms with E-state index in [1.54, 1.807) is 6.21 Å². The lowest BCUT2D eigenvalue weighted by molar-refractivity contribution is -0.120. The lowest BCUT2D eigenvalue weighted by atomic mass is 9.87. The summed E-state index contributed by atoms with van der Waals surface area (Å²) in [6.45, 7) is 8.38. The number of amides is 1. The zero-order chi connectivity index (χ0) is 18.4. The van der Waals surface area contributed by atoms with Crippen LogP contribution in [-0.2, 0) is 10.2 Å². The molecule has 0 unspecified atom stereocenters. The van der Waals surface area contributed by atoms with E-state index in [4.69, 9.17) is 11.6 Å². The van der Waals surface area contributed by atoms with Crippen molar-refractivity contribution >= 4 is 35.5 Å². The van der Waals surface area contributed by atoms with E-state index in [0.717, 1.165) is 10.5 Å². The highest BCUT2D eigenvalue weighted by atomic mass is 35.5. The van der Waals surface area contributed by atoms with E-state index in [0.29, 0.717) is 5.02 Å². The molecule has 2 aromatic carbocycles. The molecule has 0 fully saturated rings. The zero-order valence-electron chi connectivity index (χ0n) is 14.9. The second kappa shape index (κ2) is 8.54. The average molecular weight is 375 g/mol. The fourth-order valence-corrected chi connectivity index (χ4v) is 3.09. The van der Waals surface area contributed by atoms with Gasteiger partial charge in [0.2, 0.25) is 0 Å². The van der Waals surface area contributed by atoms with Crippen LogP contribution >= 0.6 is 23.4 Å². The van der Waals surface area contributed by atoms with Crippen molar-refractivity contribution in [2.45, 2.75) is 43.3 Å². The van der Waals surface area contributed by atoms with Crippen LogP contribution in [0.1, 0.15) is 38.8 Å². The summed E-state index contributed by atoms with van der Waals surface area (Å²) in [4.78, 5) is 13.1. The Bertz CT molecular complexity index is 734. The molecule has 132 valence electrons. The van der Waals surface area contributed by atoms with E-state index in [1.807, 2.05) is 43.3 Å². The Balaban J connectivity index is 1.88. The number of rotatable bonds is 5. The number of carbonyl (C=O) groups is 1. The summed E-state index contributed by atoms with van der Waals surface area (Å²) < 4.78 is 0. The molecule has 3 nitrogen and oxygen atoms in total. The number of benzene rings is 2. The second-order valence-electron chi connectivity index (χ2n) is 6.82. The second-order valence-corrected chi connectivity index (χ2v) is 8.67. The minimum atomic E-state index is -0.249. The molecule has 0 aliphatic carbocycles. The van der Waals surface area contributed by atoms with E-state index < -0.39 is 0 Å². The van der Waals surface area contributed by atoms with Gasteiger partial charge in [-0.05, 0) is 47.7 Å². The smallest absolute Gasteiger partial charge is 0.253 e. The fourth-order valence-electron chi connectivity index (χ4n) is 2.10. The van der Waals surface area contributed by atoms with Gasteiger partial charge >= 0.3 is 0 Å². The van der Waals surface area contributed by atoms with E-state index in [2.05, 4.69) is 43.4 Å². The molecule has 2 aromatic rings. The first kappa shape index (κ1) is 19.5. The highest BCUT2D eigenvalue weighted by Crippen LogP contribution is 2.25. The molecule has 2 rings (SSSR count). The topological polar surface area (TPSA) is 41.5 Å². The number of hydrogen-bond acceptors (Lipinski definition) is 3. The van der Waals surface area contributed by atoms with Crippen LogP contribution in [0.15, 0.2) is 58.5 Å². The molecule has 0 spiro atoms. The molecule has 0 saturated heterocycles. The third kappa shape index (κ3) is 6.22.